The lowest BCUT2D eigenvalue weighted by Crippen LogP contribution is -2.41. The van der Waals surface area contributed by atoms with Crippen LogP contribution in [0.5, 0.6) is 0 Å². The van der Waals surface area contributed by atoms with E-state index < -0.39 is 0 Å². The third kappa shape index (κ3) is 3.47. The third-order valence-electron chi connectivity index (χ3n) is 4.59. The van der Waals surface area contributed by atoms with E-state index in [1.807, 2.05) is 26.0 Å². The van der Waals surface area contributed by atoms with E-state index in [2.05, 4.69) is 27.3 Å². The van der Waals surface area contributed by atoms with E-state index in [0.717, 1.165) is 42.2 Å². The zero-order valence-electron chi connectivity index (χ0n) is 13.9. The van der Waals surface area contributed by atoms with Gasteiger partial charge in [-0.1, -0.05) is 6.92 Å². The summed E-state index contributed by atoms with van der Waals surface area (Å²) in [5.41, 5.74) is 2.48. The zero-order valence-corrected chi connectivity index (χ0v) is 13.9. The van der Waals surface area contributed by atoms with Gasteiger partial charge in [0.1, 0.15) is 5.76 Å². The second kappa shape index (κ2) is 6.58. The molecule has 0 spiro atoms. The smallest absolute Gasteiger partial charge is 0.238 e. The van der Waals surface area contributed by atoms with E-state index in [4.69, 9.17) is 4.42 Å². The van der Waals surface area contributed by atoms with Gasteiger partial charge < -0.3 is 9.73 Å². The summed E-state index contributed by atoms with van der Waals surface area (Å²) in [5, 5.41) is 9.98. The minimum absolute atomic E-state index is 0.0105. The molecule has 1 aliphatic heterocycles. The fraction of sp³-hybridized carbons (Fsp3) is 0.529. The second-order valence-corrected chi connectivity index (χ2v) is 6.49. The molecule has 0 bridgehead atoms. The van der Waals surface area contributed by atoms with Gasteiger partial charge in [0.25, 0.3) is 0 Å². The van der Waals surface area contributed by atoms with Gasteiger partial charge in [-0.3, -0.25) is 14.8 Å². The molecule has 2 aromatic rings. The standard InChI is InChI=1S/C17H24N4O2/c1-11-6-7-21(14(9-11)15-5-4-8-23-15)10-16(22)18-17-12(2)19-20-13(17)3/h4-5,8,11,14H,6-7,9-10H2,1-3H3,(H,18,22)(H,19,20)/t11-,14+/m0/s1. The van der Waals surface area contributed by atoms with Crippen LogP contribution in [0.3, 0.4) is 0 Å². The first-order valence-electron chi connectivity index (χ1n) is 8.13. The second-order valence-electron chi connectivity index (χ2n) is 6.49. The Labute approximate surface area is 136 Å². The maximum Gasteiger partial charge on any atom is 0.238 e. The number of aryl methyl sites for hydroxylation is 2. The van der Waals surface area contributed by atoms with Crippen molar-refractivity contribution < 1.29 is 9.21 Å². The number of aromatic nitrogens is 2. The number of aromatic amines is 1. The Bertz CT molecular complexity index is 643. The number of anilines is 1. The van der Waals surface area contributed by atoms with Crippen molar-refractivity contribution in [3.8, 4) is 0 Å². The molecule has 0 aromatic carbocycles. The molecule has 6 heteroatoms. The molecule has 0 unspecified atom stereocenters. The molecule has 1 saturated heterocycles. The molecule has 2 N–H and O–H groups in total. The van der Waals surface area contributed by atoms with E-state index in [-0.39, 0.29) is 11.9 Å². The molecular formula is C17H24N4O2. The number of furan rings is 1. The van der Waals surface area contributed by atoms with Gasteiger partial charge in [-0.25, -0.2) is 0 Å². The van der Waals surface area contributed by atoms with E-state index in [1.165, 1.54) is 0 Å². The highest BCUT2D eigenvalue weighted by molar-refractivity contribution is 5.93. The van der Waals surface area contributed by atoms with Gasteiger partial charge in [0, 0.05) is 0 Å². The van der Waals surface area contributed by atoms with E-state index >= 15 is 0 Å². The quantitative estimate of drug-likeness (QED) is 0.909. The molecule has 3 rings (SSSR count). The van der Waals surface area contributed by atoms with Crippen LogP contribution in [0.15, 0.2) is 22.8 Å². The summed E-state index contributed by atoms with van der Waals surface area (Å²) < 4.78 is 5.59. The number of nitrogens with zero attached hydrogens (tertiary/aromatic N) is 2. The number of piperidine rings is 1. The van der Waals surface area contributed by atoms with Gasteiger partial charge in [-0.2, -0.15) is 5.10 Å². The Balaban J connectivity index is 1.68. The number of carbonyl (C=O) groups excluding carboxylic acids is 1. The van der Waals surface area contributed by atoms with Crippen LogP contribution in [0, 0.1) is 19.8 Å². The molecule has 0 aliphatic carbocycles. The molecule has 0 radical (unpaired) electrons. The predicted molar refractivity (Wildman–Crippen MR) is 88.1 cm³/mol. The highest BCUT2D eigenvalue weighted by Gasteiger charge is 2.30. The lowest BCUT2D eigenvalue weighted by Gasteiger charge is -2.36. The van der Waals surface area contributed by atoms with Crippen LogP contribution in [0.4, 0.5) is 5.69 Å². The fourth-order valence-corrected chi connectivity index (χ4v) is 3.25. The molecule has 0 saturated carbocycles. The lowest BCUT2D eigenvalue weighted by atomic mass is 9.91. The predicted octanol–water partition coefficient (Wildman–Crippen LogP) is 3.03. The van der Waals surface area contributed by atoms with Gasteiger partial charge >= 0.3 is 0 Å². The van der Waals surface area contributed by atoms with Crippen molar-refractivity contribution in [1.82, 2.24) is 15.1 Å². The molecule has 2 atom stereocenters. The first-order valence-corrected chi connectivity index (χ1v) is 8.13. The number of hydrogen-bond donors (Lipinski definition) is 2. The van der Waals surface area contributed by atoms with Crippen molar-refractivity contribution in [1.29, 1.82) is 0 Å². The molecule has 1 aliphatic rings. The number of nitrogens with one attached hydrogen (secondary N) is 2. The number of amides is 1. The lowest BCUT2D eigenvalue weighted by molar-refractivity contribution is -0.118. The molecule has 124 valence electrons. The van der Waals surface area contributed by atoms with Crippen LogP contribution >= 0.6 is 0 Å². The minimum atomic E-state index is -0.0105. The highest BCUT2D eigenvalue weighted by atomic mass is 16.3. The van der Waals surface area contributed by atoms with Gasteiger partial charge in [0.05, 0.1) is 35.9 Å². The molecule has 1 amide bonds. The normalized spacial score (nSPS) is 22.2. The van der Waals surface area contributed by atoms with Crippen molar-refractivity contribution >= 4 is 11.6 Å². The van der Waals surface area contributed by atoms with Crippen LogP contribution in [0.25, 0.3) is 0 Å². The summed E-state index contributed by atoms with van der Waals surface area (Å²) in [6, 6.07) is 4.08. The Hall–Kier alpha value is -2.08. The van der Waals surface area contributed by atoms with Gasteiger partial charge in [0.15, 0.2) is 0 Å². The van der Waals surface area contributed by atoms with Crippen molar-refractivity contribution in [3.05, 3.63) is 35.5 Å². The summed E-state index contributed by atoms with van der Waals surface area (Å²) in [4.78, 5) is 14.7. The van der Waals surface area contributed by atoms with Gasteiger partial charge in [0.2, 0.25) is 5.91 Å². The number of carbonyl (C=O) groups is 1. The molecule has 3 heterocycles. The van der Waals surface area contributed by atoms with E-state index in [9.17, 15) is 4.79 Å². The van der Waals surface area contributed by atoms with E-state index in [0.29, 0.717) is 12.5 Å². The Morgan fingerprint density at radius 2 is 2.35 bits per heavy atom. The van der Waals surface area contributed by atoms with Crippen molar-refractivity contribution in [2.45, 2.75) is 39.7 Å². The van der Waals surface area contributed by atoms with Crippen LogP contribution in [0.2, 0.25) is 0 Å². The summed E-state index contributed by atoms with van der Waals surface area (Å²) >= 11 is 0. The highest BCUT2D eigenvalue weighted by Crippen LogP contribution is 2.34. The van der Waals surface area contributed by atoms with Crippen LogP contribution < -0.4 is 5.32 Å². The average molecular weight is 316 g/mol. The maximum atomic E-state index is 12.5. The monoisotopic (exact) mass is 316 g/mol. The number of hydrogen-bond acceptors (Lipinski definition) is 4. The summed E-state index contributed by atoms with van der Waals surface area (Å²) in [7, 11) is 0. The van der Waals surface area contributed by atoms with Crippen molar-refractivity contribution in [2.75, 3.05) is 18.4 Å². The fourth-order valence-electron chi connectivity index (χ4n) is 3.25. The number of likely N-dealkylation sites (tertiary alicyclic amines) is 1. The topological polar surface area (TPSA) is 74.2 Å². The molecular weight excluding hydrogens is 292 g/mol. The largest absolute Gasteiger partial charge is 0.468 e. The molecule has 6 nitrogen and oxygen atoms in total. The first-order chi connectivity index (χ1) is 11.0. The first kappa shape index (κ1) is 15.8. The van der Waals surface area contributed by atoms with Gasteiger partial charge in [-0.05, 0) is 51.3 Å². The van der Waals surface area contributed by atoms with Crippen molar-refractivity contribution in [3.63, 3.8) is 0 Å². The maximum absolute atomic E-state index is 12.5. The Morgan fingerprint density at radius 1 is 1.52 bits per heavy atom. The summed E-state index contributed by atoms with van der Waals surface area (Å²) in [5.74, 6) is 1.58. The zero-order chi connectivity index (χ0) is 16.4. The summed E-state index contributed by atoms with van der Waals surface area (Å²) in [6.45, 7) is 7.31. The van der Waals surface area contributed by atoms with Crippen LogP contribution in [-0.2, 0) is 4.79 Å². The number of rotatable bonds is 4. The molecule has 2 aromatic heterocycles. The Kier molecular flexibility index (Phi) is 4.52. The van der Waals surface area contributed by atoms with Crippen LogP contribution in [-0.4, -0.2) is 34.1 Å². The van der Waals surface area contributed by atoms with E-state index in [1.54, 1.807) is 6.26 Å². The SMILES string of the molecule is Cc1n[nH]c(C)c1NC(=O)CN1CC[C@H](C)C[C@@H]1c1ccco1. The van der Waals surface area contributed by atoms with Gasteiger partial charge in [-0.15, -0.1) is 0 Å². The minimum Gasteiger partial charge on any atom is -0.468 e. The van der Waals surface area contributed by atoms with Crippen LogP contribution in [0.1, 0.15) is 43.0 Å². The average Bonchev–Trinajstić information content (AvgIpc) is 3.15. The molecule has 23 heavy (non-hydrogen) atoms. The number of H-pyrrole nitrogens is 1. The molecule has 1 fully saturated rings. The summed E-state index contributed by atoms with van der Waals surface area (Å²) in [6.07, 6.45) is 3.82. The Morgan fingerprint density at radius 3 is 3.00 bits per heavy atom. The van der Waals surface area contributed by atoms with Crippen molar-refractivity contribution in [2.24, 2.45) is 5.92 Å². The third-order valence-corrected chi connectivity index (χ3v) is 4.59.